The van der Waals surface area contributed by atoms with Crippen molar-refractivity contribution in [1.82, 2.24) is 10.3 Å². The topological polar surface area (TPSA) is 54.0 Å². The smallest absolute Gasteiger partial charge is 0.227 e. The van der Waals surface area contributed by atoms with E-state index in [1.807, 2.05) is 12.1 Å². The first kappa shape index (κ1) is 11.1. The Morgan fingerprint density at radius 3 is 2.94 bits per heavy atom. The molecule has 2 rings (SSSR count). The molecule has 2 N–H and O–H groups in total. The van der Waals surface area contributed by atoms with Gasteiger partial charge < -0.3 is 10.6 Å². The Bertz CT molecular complexity index is 353. The summed E-state index contributed by atoms with van der Waals surface area (Å²) in [5, 5.41) is 6.27. The quantitative estimate of drug-likeness (QED) is 0.790. The molecule has 0 bridgehead atoms. The van der Waals surface area contributed by atoms with Gasteiger partial charge in [-0.25, -0.2) is 0 Å². The highest BCUT2D eigenvalue weighted by Crippen LogP contribution is 2.18. The van der Waals surface area contributed by atoms with Crippen LogP contribution in [0.3, 0.4) is 0 Å². The molecule has 1 saturated heterocycles. The van der Waals surface area contributed by atoms with Gasteiger partial charge in [0.25, 0.3) is 0 Å². The number of piperidine rings is 1. The number of hydrogen-bond donors (Lipinski definition) is 2. The van der Waals surface area contributed by atoms with Crippen LogP contribution in [0.5, 0.6) is 0 Å². The Kier molecular flexibility index (Phi) is 3.51. The first-order valence-electron chi connectivity index (χ1n) is 5.70. The zero-order valence-corrected chi connectivity index (χ0v) is 9.44. The van der Waals surface area contributed by atoms with Crippen LogP contribution in [0.15, 0.2) is 24.5 Å². The minimum absolute atomic E-state index is 0.125. The molecule has 1 aliphatic rings. The molecule has 16 heavy (non-hydrogen) atoms. The number of nitrogens with one attached hydrogen (secondary N) is 2. The summed E-state index contributed by atoms with van der Waals surface area (Å²) in [5.41, 5.74) is 0.825. The number of rotatable bonds is 2. The van der Waals surface area contributed by atoms with Crippen molar-refractivity contribution in [2.24, 2.45) is 5.92 Å². The lowest BCUT2D eigenvalue weighted by atomic mass is 9.92. The predicted molar refractivity (Wildman–Crippen MR) is 63.1 cm³/mol. The molecule has 0 aliphatic carbocycles. The van der Waals surface area contributed by atoms with Crippen LogP contribution in [0.2, 0.25) is 0 Å². The highest BCUT2D eigenvalue weighted by Gasteiger charge is 2.24. The molecule has 0 unspecified atom stereocenters. The van der Waals surface area contributed by atoms with Crippen LogP contribution < -0.4 is 10.6 Å². The Labute approximate surface area is 95.5 Å². The fraction of sp³-hybridized carbons (Fsp3) is 0.500. The Hall–Kier alpha value is -1.42. The number of nitrogens with zero attached hydrogens (tertiary/aromatic N) is 1. The van der Waals surface area contributed by atoms with Gasteiger partial charge in [-0.2, -0.15) is 0 Å². The van der Waals surface area contributed by atoms with Crippen LogP contribution >= 0.6 is 0 Å². The molecule has 0 aromatic carbocycles. The Morgan fingerprint density at radius 2 is 2.25 bits per heavy atom. The SMILES string of the molecule is C[C@H]1C[C@@H](C(=O)Nc2ccncc2)CCN1. The summed E-state index contributed by atoms with van der Waals surface area (Å²) < 4.78 is 0. The molecule has 1 aromatic heterocycles. The summed E-state index contributed by atoms with van der Waals surface area (Å²) >= 11 is 0. The molecule has 0 saturated carbocycles. The van der Waals surface area contributed by atoms with E-state index < -0.39 is 0 Å². The molecule has 2 heterocycles. The molecule has 0 spiro atoms. The summed E-state index contributed by atoms with van der Waals surface area (Å²) in [6.07, 6.45) is 5.19. The van der Waals surface area contributed by atoms with E-state index in [-0.39, 0.29) is 11.8 Å². The summed E-state index contributed by atoms with van der Waals surface area (Å²) in [7, 11) is 0. The van der Waals surface area contributed by atoms with Crippen LogP contribution in [-0.2, 0) is 4.79 Å². The molecule has 1 amide bonds. The lowest BCUT2D eigenvalue weighted by Gasteiger charge is -2.27. The van der Waals surface area contributed by atoms with Gasteiger partial charge in [-0.1, -0.05) is 0 Å². The fourth-order valence-corrected chi connectivity index (χ4v) is 2.05. The Morgan fingerprint density at radius 1 is 1.50 bits per heavy atom. The van der Waals surface area contributed by atoms with Gasteiger partial charge in [0, 0.05) is 30.0 Å². The van der Waals surface area contributed by atoms with Gasteiger partial charge in [0.2, 0.25) is 5.91 Å². The van der Waals surface area contributed by atoms with Crippen LogP contribution in [0, 0.1) is 5.92 Å². The van der Waals surface area contributed by atoms with E-state index in [4.69, 9.17) is 0 Å². The number of aromatic nitrogens is 1. The van der Waals surface area contributed by atoms with Crippen LogP contribution in [0.1, 0.15) is 19.8 Å². The van der Waals surface area contributed by atoms with Crippen molar-refractivity contribution in [2.75, 3.05) is 11.9 Å². The van der Waals surface area contributed by atoms with E-state index in [1.54, 1.807) is 12.4 Å². The third kappa shape index (κ3) is 2.79. The first-order valence-corrected chi connectivity index (χ1v) is 5.70. The zero-order valence-electron chi connectivity index (χ0n) is 9.44. The highest BCUT2D eigenvalue weighted by atomic mass is 16.1. The minimum Gasteiger partial charge on any atom is -0.326 e. The molecule has 4 heteroatoms. The number of carbonyl (C=O) groups excluding carboxylic acids is 1. The van der Waals surface area contributed by atoms with Crippen molar-refractivity contribution in [3.05, 3.63) is 24.5 Å². The average Bonchev–Trinajstić information content (AvgIpc) is 2.30. The lowest BCUT2D eigenvalue weighted by Crippen LogP contribution is -2.40. The predicted octanol–water partition coefficient (Wildman–Crippen LogP) is 1.41. The van der Waals surface area contributed by atoms with Gasteiger partial charge >= 0.3 is 0 Å². The summed E-state index contributed by atoms with van der Waals surface area (Å²) in [6.45, 7) is 3.04. The summed E-state index contributed by atoms with van der Waals surface area (Å²) in [4.78, 5) is 15.9. The van der Waals surface area contributed by atoms with Crippen molar-refractivity contribution in [2.45, 2.75) is 25.8 Å². The van der Waals surface area contributed by atoms with Gasteiger partial charge in [0.05, 0.1) is 0 Å². The van der Waals surface area contributed by atoms with Crippen molar-refractivity contribution in [1.29, 1.82) is 0 Å². The summed E-state index contributed by atoms with van der Waals surface area (Å²) in [6, 6.07) is 4.05. The van der Waals surface area contributed by atoms with Crippen molar-refractivity contribution in [3.8, 4) is 0 Å². The van der Waals surface area contributed by atoms with Gasteiger partial charge in [0.1, 0.15) is 0 Å². The number of amides is 1. The number of pyridine rings is 1. The minimum atomic E-state index is 0.125. The van der Waals surface area contributed by atoms with Crippen molar-refractivity contribution in [3.63, 3.8) is 0 Å². The maximum atomic E-state index is 12.0. The fourth-order valence-electron chi connectivity index (χ4n) is 2.05. The molecule has 1 fully saturated rings. The molecule has 1 aromatic rings. The van der Waals surface area contributed by atoms with E-state index in [1.165, 1.54) is 0 Å². The average molecular weight is 219 g/mol. The van der Waals surface area contributed by atoms with Crippen LogP contribution in [-0.4, -0.2) is 23.5 Å². The molecule has 2 atom stereocenters. The van der Waals surface area contributed by atoms with Gasteiger partial charge in [-0.15, -0.1) is 0 Å². The summed E-state index contributed by atoms with van der Waals surface area (Å²) in [5.74, 6) is 0.254. The first-order chi connectivity index (χ1) is 7.75. The number of hydrogen-bond acceptors (Lipinski definition) is 3. The zero-order chi connectivity index (χ0) is 11.4. The second-order valence-corrected chi connectivity index (χ2v) is 4.30. The second-order valence-electron chi connectivity index (χ2n) is 4.30. The molecule has 4 nitrogen and oxygen atoms in total. The largest absolute Gasteiger partial charge is 0.326 e. The molecule has 1 aliphatic heterocycles. The number of anilines is 1. The number of carbonyl (C=O) groups is 1. The molecular weight excluding hydrogens is 202 g/mol. The van der Waals surface area contributed by atoms with Gasteiger partial charge in [-0.05, 0) is 38.4 Å². The maximum absolute atomic E-state index is 12.0. The highest BCUT2D eigenvalue weighted by molar-refractivity contribution is 5.92. The van der Waals surface area contributed by atoms with Gasteiger partial charge in [0.15, 0.2) is 0 Å². The van der Waals surface area contributed by atoms with E-state index >= 15 is 0 Å². The normalized spacial score (nSPS) is 25.1. The molecular formula is C12H17N3O. The standard InChI is InChI=1S/C12H17N3O/c1-9-8-10(2-7-14-9)12(16)15-11-3-5-13-6-4-11/h3-6,9-10,14H,2,7-8H2,1H3,(H,13,15,16)/t9-,10-/m0/s1. The van der Waals surface area contributed by atoms with E-state index in [0.29, 0.717) is 6.04 Å². The van der Waals surface area contributed by atoms with E-state index in [0.717, 1.165) is 25.1 Å². The second kappa shape index (κ2) is 5.07. The van der Waals surface area contributed by atoms with Crippen molar-refractivity contribution >= 4 is 11.6 Å². The monoisotopic (exact) mass is 219 g/mol. The lowest BCUT2D eigenvalue weighted by molar-refractivity contribution is -0.120. The third-order valence-electron chi connectivity index (χ3n) is 2.94. The van der Waals surface area contributed by atoms with Crippen LogP contribution in [0.25, 0.3) is 0 Å². The molecule has 0 radical (unpaired) electrons. The van der Waals surface area contributed by atoms with Gasteiger partial charge in [-0.3, -0.25) is 9.78 Å². The van der Waals surface area contributed by atoms with E-state index in [2.05, 4.69) is 22.5 Å². The van der Waals surface area contributed by atoms with Crippen LogP contribution in [0.4, 0.5) is 5.69 Å². The third-order valence-corrected chi connectivity index (χ3v) is 2.94. The Balaban J connectivity index is 1.93. The van der Waals surface area contributed by atoms with E-state index in [9.17, 15) is 4.79 Å². The maximum Gasteiger partial charge on any atom is 0.227 e. The van der Waals surface area contributed by atoms with Crippen molar-refractivity contribution < 1.29 is 4.79 Å². The molecule has 86 valence electrons.